The number of rotatable bonds is 6. The average Bonchev–Trinajstić information content (AvgIpc) is 3.49. The molecule has 0 radical (unpaired) electrons. The van der Waals surface area contributed by atoms with Gasteiger partial charge in [-0.25, -0.2) is 0 Å². The van der Waals surface area contributed by atoms with Gasteiger partial charge in [-0.05, 0) is 101 Å². The van der Waals surface area contributed by atoms with Crippen molar-refractivity contribution in [2.75, 3.05) is 43.2 Å². The van der Waals surface area contributed by atoms with Crippen LogP contribution in [0.2, 0.25) is 0 Å². The number of carbonyl (C=O) groups excluding carboxylic acids is 4. The lowest BCUT2D eigenvalue weighted by atomic mass is 9.44. The molecule has 4 aromatic carbocycles. The van der Waals surface area contributed by atoms with Crippen molar-refractivity contribution in [1.29, 1.82) is 0 Å². The Morgan fingerprint density at radius 2 is 1.51 bits per heavy atom. The fraction of sp³-hybridized carbons (Fsp3) is 0.289. The van der Waals surface area contributed by atoms with Gasteiger partial charge in [0.2, 0.25) is 11.8 Å². The first kappa shape index (κ1) is 35.6. The number of nitrogens with zero attached hydrogens (tertiary/aromatic N) is 2. The second-order valence-corrected chi connectivity index (χ2v) is 16.1. The standard InChI is InChI=1S/C45H39IN2O7/c1-54-37-23-27(22-36(46)42(37)51)40-31-16-17-32-39(44(53)48(43(32)52)30-14-12-29(13-15-30)47-18-20-55-21-19-47)34(31)24-35-41(50)33(26-8-4-2-5-9-26)25-38(49)45(35,40)28-10-6-3-7-11-28/h2-16,22-23,25,32,34-35,39-40,51H,17-21,24H2,1H3. The molecule has 2 amide bonds. The number of allylic oxidation sites excluding steroid dienone is 4. The summed E-state index contributed by atoms with van der Waals surface area (Å²) in [5.41, 5.74) is 3.38. The zero-order valence-corrected chi connectivity index (χ0v) is 32.3. The zero-order chi connectivity index (χ0) is 38.0. The number of halogens is 1. The van der Waals surface area contributed by atoms with E-state index >= 15 is 9.59 Å². The van der Waals surface area contributed by atoms with Crippen molar-refractivity contribution in [2.24, 2.45) is 23.7 Å². The number of morpholine rings is 1. The van der Waals surface area contributed by atoms with Gasteiger partial charge in [-0.1, -0.05) is 72.3 Å². The maximum atomic E-state index is 15.3. The molecule has 5 aliphatic rings. The molecule has 0 aromatic heterocycles. The largest absolute Gasteiger partial charge is 0.504 e. The van der Waals surface area contributed by atoms with Crippen LogP contribution in [0.5, 0.6) is 11.5 Å². The number of Topliss-reactive ketones (excluding diaryl/α,β-unsaturated/α-hetero) is 1. The molecule has 9 nitrogen and oxygen atoms in total. The molecule has 55 heavy (non-hydrogen) atoms. The van der Waals surface area contributed by atoms with Crippen molar-refractivity contribution < 1.29 is 33.8 Å². The molecule has 3 aliphatic carbocycles. The lowest BCUT2D eigenvalue weighted by Crippen LogP contribution is -2.58. The van der Waals surface area contributed by atoms with E-state index in [1.165, 1.54) is 18.1 Å². The van der Waals surface area contributed by atoms with Gasteiger partial charge in [0.25, 0.3) is 0 Å². The number of ether oxygens (including phenoxy) is 2. The summed E-state index contributed by atoms with van der Waals surface area (Å²) in [6, 6.07) is 29.9. The highest BCUT2D eigenvalue weighted by Gasteiger charge is 2.66. The topological polar surface area (TPSA) is 113 Å². The van der Waals surface area contributed by atoms with Crippen LogP contribution in [0, 0.1) is 27.2 Å². The number of carbonyl (C=O) groups is 4. The number of amides is 2. The molecule has 0 spiro atoms. The van der Waals surface area contributed by atoms with Gasteiger partial charge in [0.05, 0.1) is 46.8 Å². The van der Waals surface area contributed by atoms with Crippen LogP contribution in [-0.4, -0.2) is 61.9 Å². The van der Waals surface area contributed by atoms with E-state index in [1.54, 1.807) is 6.07 Å². The molecule has 3 fully saturated rings. The summed E-state index contributed by atoms with van der Waals surface area (Å²) < 4.78 is 11.7. The molecule has 9 rings (SSSR count). The number of imide groups is 1. The van der Waals surface area contributed by atoms with Crippen LogP contribution in [0.3, 0.4) is 0 Å². The van der Waals surface area contributed by atoms with Crippen LogP contribution < -0.4 is 14.5 Å². The van der Waals surface area contributed by atoms with Gasteiger partial charge in [-0.3, -0.25) is 24.1 Å². The van der Waals surface area contributed by atoms with Crippen LogP contribution in [-0.2, 0) is 29.3 Å². The molecule has 10 heteroatoms. The van der Waals surface area contributed by atoms with Gasteiger partial charge < -0.3 is 19.5 Å². The predicted molar refractivity (Wildman–Crippen MR) is 216 cm³/mol. The number of methoxy groups -OCH3 is 1. The third-order valence-corrected chi connectivity index (χ3v) is 13.3. The summed E-state index contributed by atoms with van der Waals surface area (Å²) in [7, 11) is 1.48. The number of phenols is 1. The molecule has 0 bridgehead atoms. The summed E-state index contributed by atoms with van der Waals surface area (Å²) in [5, 5.41) is 11.0. The Hall–Kier alpha value is -5.07. The highest BCUT2D eigenvalue weighted by atomic mass is 127. The van der Waals surface area contributed by atoms with Crippen molar-refractivity contribution in [3.8, 4) is 11.5 Å². The Morgan fingerprint density at radius 1 is 0.836 bits per heavy atom. The molecule has 2 heterocycles. The molecule has 1 N–H and O–H groups in total. The molecule has 2 aliphatic heterocycles. The number of ketones is 2. The molecular weight excluding hydrogens is 807 g/mol. The van der Waals surface area contributed by atoms with E-state index in [9.17, 15) is 14.7 Å². The van der Waals surface area contributed by atoms with Crippen LogP contribution in [0.1, 0.15) is 35.4 Å². The Balaban J connectivity index is 1.21. The molecule has 278 valence electrons. The lowest BCUT2D eigenvalue weighted by Gasteiger charge is -2.55. The van der Waals surface area contributed by atoms with E-state index in [0.717, 1.165) is 24.4 Å². The minimum atomic E-state index is -1.38. The van der Waals surface area contributed by atoms with Crippen molar-refractivity contribution >= 4 is 62.9 Å². The molecule has 4 aromatic rings. The van der Waals surface area contributed by atoms with E-state index in [0.29, 0.717) is 51.2 Å². The van der Waals surface area contributed by atoms with Crippen LogP contribution in [0.25, 0.3) is 5.57 Å². The average molecular weight is 847 g/mol. The number of anilines is 2. The Bertz CT molecular complexity index is 2280. The summed E-state index contributed by atoms with van der Waals surface area (Å²) in [4.78, 5) is 63.2. The van der Waals surface area contributed by atoms with E-state index < -0.39 is 35.0 Å². The molecule has 6 atom stereocenters. The smallest absolute Gasteiger partial charge is 0.238 e. The SMILES string of the molecule is COc1cc(C2C3=CCC4C(=O)N(c5ccc(N6CCOCC6)cc5)C(=O)C4C3CC3C(=O)C(c4ccccc4)=CC(=O)C32c2ccccc2)cc(I)c1O. The van der Waals surface area contributed by atoms with E-state index in [4.69, 9.17) is 9.47 Å². The first-order valence-corrected chi connectivity index (χ1v) is 19.8. The third kappa shape index (κ3) is 5.50. The number of phenolic OH excluding ortho intramolecular Hbond substituents is 1. The molecule has 1 saturated carbocycles. The Morgan fingerprint density at radius 3 is 2.20 bits per heavy atom. The fourth-order valence-electron chi connectivity index (χ4n) is 10.1. The van der Waals surface area contributed by atoms with Crippen LogP contribution in [0.15, 0.2) is 115 Å². The Labute approximate surface area is 332 Å². The quantitative estimate of drug-likeness (QED) is 0.127. The van der Waals surface area contributed by atoms with Crippen molar-refractivity contribution in [3.63, 3.8) is 0 Å². The summed E-state index contributed by atoms with van der Waals surface area (Å²) >= 11 is 2.06. The predicted octanol–water partition coefficient (Wildman–Crippen LogP) is 6.87. The van der Waals surface area contributed by atoms with Gasteiger partial charge in [0, 0.05) is 36.2 Å². The van der Waals surface area contributed by atoms with Gasteiger partial charge in [0.15, 0.2) is 23.1 Å². The monoisotopic (exact) mass is 846 g/mol. The van der Waals surface area contributed by atoms with Gasteiger partial charge in [0.1, 0.15) is 0 Å². The summed E-state index contributed by atoms with van der Waals surface area (Å²) in [6.45, 7) is 2.82. The number of benzene rings is 4. The van der Waals surface area contributed by atoms with E-state index in [1.807, 2.05) is 97.1 Å². The van der Waals surface area contributed by atoms with Gasteiger partial charge in [-0.15, -0.1) is 0 Å². The highest BCUT2D eigenvalue weighted by Crippen LogP contribution is 2.64. The Kier molecular flexibility index (Phi) is 9.00. The van der Waals surface area contributed by atoms with Crippen molar-refractivity contribution in [2.45, 2.75) is 24.2 Å². The number of hydrogen-bond donors (Lipinski definition) is 1. The molecular formula is C45H39IN2O7. The maximum absolute atomic E-state index is 15.3. The van der Waals surface area contributed by atoms with E-state index in [-0.39, 0.29) is 41.3 Å². The number of fused-ring (bicyclic) bond motifs is 4. The first-order valence-electron chi connectivity index (χ1n) is 18.7. The fourth-order valence-corrected chi connectivity index (χ4v) is 10.7. The number of aromatic hydroxyl groups is 1. The minimum Gasteiger partial charge on any atom is -0.504 e. The second kappa shape index (κ2) is 13.9. The van der Waals surface area contributed by atoms with Crippen molar-refractivity contribution in [3.05, 3.63) is 135 Å². The first-order chi connectivity index (χ1) is 26.7. The van der Waals surface area contributed by atoms with Gasteiger partial charge >= 0.3 is 0 Å². The maximum Gasteiger partial charge on any atom is 0.238 e. The second-order valence-electron chi connectivity index (χ2n) is 15.0. The lowest BCUT2D eigenvalue weighted by molar-refractivity contribution is -0.135. The van der Waals surface area contributed by atoms with E-state index in [2.05, 4.69) is 27.5 Å². The highest BCUT2D eigenvalue weighted by molar-refractivity contribution is 14.1. The normalized spacial score (nSPS) is 27.6. The summed E-state index contributed by atoms with van der Waals surface area (Å²) in [6.07, 6.45) is 4.08. The van der Waals surface area contributed by atoms with Gasteiger partial charge in [-0.2, -0.15) is 0 Å². The molecule has 2 saturated heterocycles. The zero-order valence-electron chi connectivity index (χ0n) is 30.2. The third-order valence-electron chi connectivity index (χ3n) is 12.5. The van der Waals surface area contributed by atoms with Crippen LogP contribution in [0.4, 0.5) is 11.4 Å². The molecule has 6 unspecified atom stereocenters. The minimum absolute atomic E-state index is 0.0219. The number of hydrogen-bond acceptors (Lipinski definition) is 8. The summed E-state index contributed by atoms with van der Waals surface area (Å²) in [5.74, 6) is -4.12. The van der Waals surface area contributed by atoms with Crippen molar-refractivity contribution in [1.82, 2.24) is 0 Å². The van der Waals surface area contributed by atoms with Crippen LogP contribution >= 0.6 is 22.6 Å².